The highest BCUT2D eigenvalue weighted by Crippen LogP contribution is 2.20. The van der Waals surface area contributed by atoms with Crippen LogP contribution in [-0.4, -0.2) is 17.4 Å². The van der Waals surface area contributed by atoms with Crippen molar-refractivity contribution in [1.82, 2.24) is 4.98 Å². The minimum Gasteiger partial charge on any atom is -0.370 e. The second-order valence-electron chi connectivity index (χ2n) is 4.13. The molecule has 1 aromatic carbocycles. The third kappa shape index (κ3) is 3.31. The first-order valence-corrected chi connectivity index (χ1v) is 6.17. The van der Waals surface area contributed by atoms with Crippen molar-refractivity contribution in [3.63, 3.8) is 0 Å². The van der Waals surface area contributed by atoms with Gasteiger partial charge < -0.3 is 10.6 Å². The highest BCUT2D eigenvalue weighted by atomic mass is 19.2. The molecule has 0 aliphatic heterocycles. The molecular formula is C14H12F3N3O. The van der Waals surface area contributed by atoms with Gasteiger partial charge in [0.1, 0.15) is 11.6 Å². The number of pyridine rings is 1. The van der Waals surface area contributed by atoms with Crippen LogP contribution in [0.2, 0.25) is 0 Å². The zero-order chi connectivity index (χ0) is 15.4. The number of carbonyl (C=O) groups is 1. The van der Waals surface area contributed by atoms with Crippen LogP contribution in [-0.2, 0) is 0 Å². The summed E-state index contributed by atoms with van der Waals surface area (Å²) in [6.07, 6.45) is 1.49. The van der Waals surface area contributed by atoms with Crippen molar-refractivity contribution in [2.75, 3.05) is 17.2 Å². The minimum absolute atomic E-state index is 0.170. The maximum absolute atomic E-state index is 13.5. The molecule has 2 aromatic rings. The van der Waals surface area contributed by atoms with E-state index in [0.29, 0.717) is 24.5 Å². The highest BCUT2D eigenvalue weighted by Gasteiger charge is 2.16. The smallest absolute Gasteiger partial charge is 0.259 e. The summed E-state index contributed by atoms with van der Waals surface area (Å²) < 4.78 is 39.4. The Bertz CT molecular complexity index is 677. The van der Waals surface area contributed by atoms with Gasteiger partial charge >= 0.3 is 0 Å². The van der Waals surface area contributed by atoms with E-state index in [2.05, 4.69) is 15.6 Å². The number of hydrogen-bond donors (Lipinski definition) is 2. The topological polar surface area (TPSA) is 54.0 Å². The monoisotopic (exact) mass is 295 g/mol. The number of benzene rings is 1. The zero-order valence-corrected chi connectivity index (χ0v) is 11.1. The van der Waals surface area contributed by atoms with Gasteiger partial charge in [-0.25, -0.2) is 18.2 Å². The van der Waals surface area contributed by atoms with Crippen LogP contribution in [0.3, 0.4) is 0 Å². The van der Waals surface area contributed by atoms with E-state index in [1.807, 2.05) is 6.92 Å². The molecule has 0 saturated carbocycles. The molecule has 110 valence electrons. The van der Waals surface area contributed by atoms with Crippen molar-refractivity contribution in [1.29, 1.82) is 0 Å². The normalized spacial score (nSPS) is 10.3. The predicted molar refractivity (Wildman–Crippen MR) is 72.7 cm³/mol. The van der Waals surface area contributed by atoms with Crippen LogP contribution in [0.15, 0.2) is 30.5 Å². The van der Waals surface area contributed by atoms with Crippen LogP contribution in [0.25, 0.3) is 0 Å². The molecule has 0 aliphatic rings. The van der Waals surface area contributed by atoms with Crippen molar-refractivity contribution in [3.05, 3.63) is 53.5 Å². The lowest BCUT2D eigenvalue weighted by Gasteiger charge is -2.10. The Labute approximate surface area is 119 Å². The molecule has 1 heterocycles. The van der Waals surface area contributed by atoms with Gasteiger partial charge in [-0.1, -0.05) is 0 Å². The van der Waals surface area contributed by atoms with Crippen LogP contribution in [0.5, 0.6) is 0 Å². The van der Waals surface area contributed by atoms with Gasteiger partial charge in [-0.3, -0.25) is 4.79 Å². The van der Waals surface area contributed by atoms with E-state index in [-0.39, 0.29) is 5.56 Å². The number of nitrogens with one attached hydrogen (secondary N) is 2. The Morgan fingerprint density at radius 2 is 1.90 bits per heavy atom. The SMILES string of the molecule is CCNc1ncccc1C(=O)Nc1cc(F)c(F)cc1F. The Kier molecular flexibility index (Phi) is 4.42. The third-order valence-corrected chi connectivity index (χ3v) is 2.65. The molecule has 0 radical (unpaired) electrons. The molecule has 2 N–H and O–H groups in total. The van der Waals surface area contributed by atoms with Crippen LogP contribution >= 0.6 is 0 Å². The van der Waals surface area contributed by atoms with Crippen LogP contribution in [0.4, 0.5) is 24.7 Å². The highest BCUT2D eigenvalue weighted by molar-refractivity contribution is 6.07. The maximum atomic E-state index is 13.5. The average Bonchev–Trinajstić information content (AvgIpc) is 2.45. The minimum atomic E-state index is -1.32. The lowest BCUT2D eigenvalue weighted by molar-refractivity contribution is 0.102. The summed E-state index contributed by atoms with van der Waals surface area (Å²) in [7, 11) is 0. The summed E-state index contributed by atoms with van der Waals surface area (Å²) in [5.41, 5.74) is -0.270. The molecule has 0 bridgehead atoms. The van der Waals surface area contributed by atoms with E-state index in [0.717, 1.165) is 0 Å². The molecule has 0 atom stereocenters. The summed E-state index contributed by atoms with van der Waals surface area (Å²) in [4.78, 5) is 16.1. The molecule has 0 spiro atoms. The average molecular weight is 295 g/mol. The first-order chi connectivity index (χ1) is 10.0. The van der Waals surface area contributed by atoms with E-state index in [4.69, 9.17) is 0 Å². The van der Waals surface area contributed by atoms with Crippen LogP contribution < -0.4 is 10.6 Å². The van der Waals surface area contributed by atoms with Gasteiger partial charge in [-0.2, -0.15) is 0 Å². The van der Waals surface area contributed by atoms with Crippen molar-refractivity contribution >= 4 is 17.4 Å². The maximum Gasteiger partial charge on any atom is 0.259 e. The Hall–Kier alpha value is -2.57. The van der Waals surface area contributed by atoms with Crippen molar-refractivity contribution in [2.45, 2.75) is 6.92 Å². The number of aromatic nitrogens is 1. The first-order valence-electron chi connectivity index (χ1n) is 6.17. The molecule has 7 heteroatoms. The fraction of sp³-hybridized carbons (Fsp3) is 0.143. The molecule has 0 unspecified atom stereocenters. The first kappa shape index (κ1) is 14.8. The van der Waals surface area contributed by atoms with Gasteiger partial charge in [0.05, 0.1) is 11.3 Å². The molecule has 1 amide bonds. The number of amides is 1. The van der Waals surface area contributed by atoms with E-state index < -0.39 is 29.0 Å². The molecule has 0 fully saturated rings. The number of rotatable bonds is 4. The molecule has 0 aliphatic carbocycles. The Balaban J connectivity index is 2.28. The summed E-state index contributed by atoms with van der Waals surface area (Å²) >= 11 is 0. The molecular weight excluding hydrogens is 283 g/mol. The number of nitrogens with zero attached hydrogens (tertiary/aromatic N) is 1. The molecule has 0 saturated heterocycles. The van der Waals surface area contributed by atoms with Crippen LogP contribution in [0.1, 0.15) is 17.3 Å². The number of carbonyl (C=O) groups excluding carboxylic acids is 1. The third-order valence-electron chi connectivity index (χ3n) is 2.65. The second kappa shape index (κ2) is 6.25. The van der Waals surface area contributed by atoms with Gasteiger partial charge in [0, 0.05) is 24.9 Å². The second-order valence-corrected chi connectivity index (χ2v) is 4.13. The van der Waals surface area contributed by atoms with Gasteiger partial charge in [0.15, 0.2) is 11.6 Å². The number of halogens is 3. The number of hydrogen-bond acceptors (Lipinski definition) is 3. The van der Waals surface area contributed by atoms with E-state index in [1.165, 1.54) is 18.3 Å². The molecule has 4 nitrogen and oxygen atoms in total. The zero-order valence-electron chi connectivity index (χ0n) is 11.1. The Morgan fingerprint density at radius 3 is 2.62 bits per heavy atom. The largest absolute Gasteiger partial charge is 0.370 e. The number of anilines is 2. The van der Waals surface area contributed by atoms with E-state index >= 15 is 0 Å². The molecule has 2 rings (SSSR count). The molecule has 21 heavy (non-hydrogen) atoms. The van der Waals surface area contributed by atoms with Gasteiger partial charge in [0.25, 0.3) is 5.91 Å². The van der Waals surface area contributed by atoms with E-state index in [1.54, 1.807) is 0 Å². The standard InChI is InChI=1S/C14H12F3N3O/c1-2-18-13-8(4-3-5-19-13)14(21)20-12-7-10(16)9(15)6-11(12)17/h3-7H,2H2,1H3,(H,18,19)(H,20,21). The van der Waals surface area contributed by atoms with Crippen molar-refractivity contribution in [2.24, 2.45) is 0 Å². The summed E-state index contributed by atoms with van der Waals surface area (Å²) in [5, 5.41) is 5.07. The van der Waals surface area contributed by atoms with Crippen LogP contribution in [0, 0.1) is 17.5 Å². The van der Waals surface area contributed by atoms with Gasteiger partial charge in [0.2, 0.25) is 0 Å². The lowest BCUT2D eigenvalue weighted by atomic mass is 10.2. The molecule has 1 aromatic heterocycles. The summed E-state index contributed by atoms with van der Waals surface area (Å²) in [5.74, 6) is -3.98. The summed E-state index contributed by atoms with van der Waals surface area (Å²) in [6, 6.07) is 3.99. The fourth-order valence-corrected chi connectivity index (χ4v) is 1.70. The van der Waals surface area contributed by atoms with E-state index in [9.17, 15) is 18.0 Å². The lowest BCUT2D eigenvalue weighted by Crippen LogP contribution is -2.16. The predicted octanol–water partition coefficient (Wildman–Crippen LogP) is 3.18. The van der Waals surface area contributed by atoms with Crippen molar-refractivity contribution < 1.29 is 18.0 Å². The Morgan fingerprint density at radius 1 is 1.19 bits per heavy atom. The quantitative estimate of drug-likeness (QED) is 0.852. The summed E-state index contributed by atoms with van der Waals surface area (Å²) in [6.45, 7) is 2.36. The van der Waals surface area contributed by atoms with Crippen molar-refractivity contribution in [3.8, 4) is 0 Å². The van der Waals surface area contributed by atoms with Gasteiger partial charge in [-0.05, 0) is 19.1 Å². The fourth-order valence-electron chi connectivity index (χ4n) is 1.70. The van der Waals surface area contributed by atoms with Gasteiger partial charge in [-0.15, -0.1) is 0 Å².